The number of anilines is 1. The molecule has 1 N–H and O–H groups in total. The summed E-state index contributed by atoms with van der Waals surface area (Å²) in [6.07, 6.45) is -0.339. The van der Waals surface area contributed by atoms with E-state index in [1.54, 1.807) is 29.2 Å². The smallest absolute Gasteiger partial charge is 0.414 e. The first-order chi connectivity index (χ1) is 12.7. The van der Waals surface area contributed by atoms with Gasteiger partial charge in [0.15, 0.2) is 0 Å². The van der Waals surface area contributed by atoms with Crippen molar-refractivity contribution in [2.75, 3.05) is 24.6 Å². The molecule has 2 aromatic rings. The molecular weight excluding hydrogens is 330 g/mol. The highest BCUT2D eigenvalue weighted by atomic mass is 16.6. The van der Waals surface area contributed by atoms with Gasteiger partial charge in [-0.1, -0.05) is 11.8 Å². The summed E-state index contributed by atoms with van der Waals surface area (Å²) in [6.45, 7) is 1.16. The lowest BCUT2D eigenvalue weighted by Crippen LogP contribution is -2.23. The van der Waals surface area contributed by atoms with Gasteiger partial charge in [0, 0.05) is 16.8 Å². The number of ether oxygens (including phenoxy) is 1. The highest BCUT2D eigenvalue weighted by molar-refractivity contribution is 5.94. The van der Waals surface area contributed by atoms with Gasteiger partial charge in [-0.05, 0) is 48.5 Å². The molecule has 1 fully saturated rings. The van der Waals surface area contributed by atoms with Gasteiger partial charge in [-0.25, -0.2) is 4.79 Å². The molecule has 1 aliphatic heterocycles. The lowest BCUT2D eigenvalue weighted by Gasteiger charge is -2.11. The number of nitrogens with zero attached hydrogens (tertiary/aromatic N) is 2. The van der Waals surface area contributed by atoms with Crippen LogP contribution in [0.4, 0.5) is 10.5 Å². The zero-order valence-electron chi connectivity index (χ0n) is 13.9. The van der Waals surface area contributed by atoms with Crippen LogP contribution in [0.3, 0.4) is 0 Å². The number of hydrogen-bond acceptors (Lipinski definition) is 4. The minimum absolute atomic E-state index is 0.207. The molecule has 0 saturated carbocycles. The number of nitrogens with one attached hydrogen (secondary N) is 1. The van der Waals surface area contributed by atoms with Crippen LogP contribution in [0.15, 0.2) is 48.5 Å². The van der Waals surface area contributed by atoms with Crippen molar-refractivity contribution in [1.29, 1.82) is 5.26 Å². The van der Waals surface area contributed by atoms with E-state index in [0.29, 0.717) is 24.3 Å². The van der Waals surface area contributed by atoms with Gasteiger partial charge < -0.3 is 10.1 Å². The van der Waals surface area contributed by atoms with Crippen molar-refractivity contribution < 1.29 is 14.3 Å². The predicted octanol–water partition coefficient (Wildman–Crippen LogP) is 2.30. The summed E-state index contributed by atoms with van der Waals surface area (Å²) in [5.74, 6) is 5.60. The minimum Gasteiger partial charge on any atom is -0.447 e. The SMILES string of the molecule is N#Cc1ccc(C(=O)NCC#Cc2ccc(N3CCOC3=O)cc2)cc1. The molecule has 0 unspecified atom stereocenters. The second kappa shape index (κ2) is 7.87. The van der Waals surface area contributed by atoms with E-state index in [2.05, 4.69) is 17.2 Å². The quantitative estimate of drug-likeness (QED) is 0.866. The molecule has 2 aromatic carbocycles. The fourth-order valence-corrected chi connectivity index (χ4v) is 2.42. The molecule has 0 aromatic heterocycles. The van der Waals surface area contributed by atoms with E-state index in [0.717, 1.165) is 11.3 Å². The van der Waals surface area contributed by atoms with Gasteiger partial charge in [-0.3, -0.25) is 9.69 Å². The predicted molar refractivity (Wildman–Crippen MR) is 95.5 cm³/mol. The first-order valence-corrected chi connectivity index (χ1v) is 7.99. The van der Waals surface area contributed by atoms with Crippen molar-refractivity contribution in [1.82, 2.24) is 5.32 Å². The van der Waals surface area contributed by atoms with Crippen molar-refractivity contribution in [3.63, 3.8) is 0 Å². The Bertz CT molecular complexity index is 916. The Hall–Kier alpha value is -3.77. The Morgan fingerprint density at radius 3 is 2.42 bits per heavy atom. The average molecular weight is 345 g/mol. The summed E-state index contributed by atoms with van der Waals surface area (Å²) in [5.41, 5.74) is 2.54. The molecule has 6 heteroatoms. The van der Waals surface area contributed by atoms with Crippen LogP contribution in [0.1, 0.15) is 21.5 Å². The first-order valence-electron chi connectivity index (χ1n) is 7.99. The van der Waals surface area contributed by atoms with Crippen LogP contribution in [0.5, 0.6) is 0 Å². The fraction of sp³-hybridized carbons (Fsp3) is 0.150. The van der Waals surface area contributed by atoms with Gasteiger partial charge in [0.2, 0.25) is 0 Å². The number of benzene rings is 2. The highest BCUT2D eigenvalue weighted by Gasteiger charge is 2.23. The van der Waals surface area contributed by atoms with Crippen LogP contribution >= 0.6 is 0 Å². The molecule has 0 bridgehead atoms. The Balaban J connectivity index is 1.53. The van der Waals surface area contributed by atoms with Crippen LogP contribution < -0.4 is 10.2 Å². The van der Waals surface area contributed by atoms with Gasteiger partial charge in [0.05, 0.1) is 24.7 Å². The third kappa shape index (κ3) is 4.00. The van der Waals surface area contributed by atoms with Gasteiger partial charge in [0.1, 0.15) is 6.61 Å². The maximum absolute atomic E-state index is 12.0. The lowest BCUT2D eigenvalue weighted by molar-refractivity contribution is 0.0958. The van der Waals surface area contributed by atoms with Crippen molar-refractivity contribution in [3.8, 4) is 17.9 Å². The third-order valence-electron chi connectivity index (χ3n) is 3.79. The molecule has 26 heavy (non-hydrogen) atoms. The number of nitriles is 1. The highest BCUT2D eigenvalue weighted by Crippen LogP contribution is 2.18. The Kier molecular flexibility index (Phi) is 5.16. The number of cyclic esters (lactones) is 1. The second-order valence-electron chi connectivity index (χ2n) is 5.49. The van der Waals surface area contributed by atoms with Gasteiger partial charge in [-0.2, -0.15) is 5.26 Å². The summed E-state index contributed by atoms with van der Waals surface area (Å²) in [4.78, 5) is 25.0. The van der Waals surface area contributed by atoms with E-state index in [1.165, 1.54) is 0 Å². The molecule has 1 aliphatic rings. The molecule has 2 amide bonds. The number of rotatable bonds is 3. The maximum Gasteiger partial charge on any atom is 0.414 e. The molecule has 1 saturated heterocycles. The largest absolute Gasteiger partial charge is 0.447 e. The summed E-state index contributed by atoms with van der Waals surface area (Å²) < 4.78 is 4.90. The third-order valence-corrected chi connectivity index (χ3v) is 3.79. The Morgan fingerprint density at radius 2 is 1.81 bits per heavy atom. The van der Waals surface area contributed by atoms with Gasteiger partial charge >= 0.3 is 6.09 Å². The van der Waals surface area contributed by atoms with Crippen LogP contribution in [-0.4, -0.2) is 31.7 Å². The van der Waals surface area contributed by atoms with Crippen LogP contribution in [0.25, 0.3) is 0 Å². The first kappa shape index (κ1) is 17.1. The van der Waals surface area contributed by atoms with E-state index >= 15 is 0 Å². The zero-order chi connectivity index (χ0) is 18.4. The van der Waals surface area contributed by atoms with Gasteiger partial charge in [-0.15, -0.1) is 0 Å². The monoisotopic (exact) mass is 345 g/mol. The average Bonchev–Trinajstić information content (AvgIpc) is 3.11. The number of amides is 2. The summed E-state index contributed by atoms with van der Waals surface area (Å²) in [7, 11) is 0. The second-order valence-corrected chi connectivity index (χ2v) is 5.49. The van der Waals surface area contributed by atoms with Crippen LogP contribution in [-0.2, 0) is 4.74 Å². The van der Waals surface area contributed by atoms with Crippen molar-refractivity contribution in [2.24, 2.45) is 0 Å². The summed E-state index contributed by atoms with van der Waals surface area (Å²) in [5, 5.41) is 11.4. The van der Waals surface area contributed by atoms with E-state index in [4.69, 9.17) is 10.00 Å². The van der Waals surface area contributed by atoms with Gasteiger partial charge in [0.25, 0.3) is 5.91 Å². The summed E-state index contributed by atoms with van der Waals surface area (Å²) >= 11 is 0. The molecule has 3 rings (SSSR count). The fourth-order valence-electron chi connectivity index (χ4n) is 2.42. The van der Waals surface area contributed by atoms with Crippen LogP contribution in [0, 0.1) is 23.2 Å². The Morgan fingerprint density at radius 1 is 1.12 bits per heavy atom. The van der Waals surface area contributed by atoms with Crippen molar-refractivity contribution in [3.05, 3.63) is 65.2 Å². The van der Waals surface area contributed by atoms with E-state index in [-0.39, 0.29) is 18.5 Å². The number of carbonyl (C=O) groups is 2. The standard InChI is InChI=1S/C20H15N3O3/c21-14-16-3-7-17(8-4-16)19(24)22-11-1-2-15-5-9-18(10-6-15)23-12-13-26-20(23)25/h3-10H,11-13H2,(H,22,24). The molecule has 0 atom stereocenters. The molecule has 0 spiro atoms. The van der Waals surface area contributed by atoms with E-state index in [1.807, 2.05) is 30.3 Å². The molecule has 0 aliphatic carbocycles. The normalized spacial score (nSPS) is 12.6. The molecule has 0 radical (unpaired) electrons. The van der Waals surface area contributed by atoms with E-state index < -0.39 is 0 Å². The minimum atomic E-state index is -0.339. The maximum atomic E-state index is 12.0. The van der Waals surface area contributed by atoms with E-state index in [9.17, 15) is 9.59 Å². The molecule has 6 nitrogen and oxygen atoms in total. The van der Waals surface area contributed by atoms with Crippen LogP contribution in [0.2, 0.25) is 0 Å². The lowest BCUT2D eigenvalue weighted by atomic mass is 10.1. The number of carbonyl (C=O) groups excluding carboxylic acids is 2. The topological polar surface area (TPSA) is 82.4 Å². The Labute approximate surface area is 151 Å². The molecular formula is C20H15N3O3. The van der Waals surface area contributed by atoms with Crippen molar-refractivity contribution >= 4 is 17.7 Å². The zero-order valence-corrected chi connectivity index (χ0v) is 13.9. The van der Waals surface area contributed by atoms with Crippen molar-refractivity contribution in [2.45, 2.75) is 0 Å². The molecule has 128 valence electrons. The molecule has 1 heterocycles. The summed E-state index contributed by atoms with van der Waals surface area (Å²) in [6, 6.07) is 15.7. The number of hydrogen-bond donors (Lipinski definition) is 1.